The number of nitrogens with two attached hydrogens (primary N) is 1. The second-order valence-electron chi connectivity index (χ2n) is 5.58. The molecular formula is C12H26N4O2S. The first-order valence-electron chi connectivity index (χ1n) is 7.21. The third-order valence-corrected chi connectivity index (χ3v) is 6.18. The van der Waals surface area contributed by atoms with Crippen LogP contribution < -0.4 is 5.73 Å². The summed E-state index contributed by atoms with van der Waals surface area (Å²) in [5.41, 5.74) is 5.76. The first kappa shape index (κ1) is 15.2. The molecule has 0 aromatic rings. The Hall–Kier alpha value is -0.210. The van der Waals surface area contributed by atoms with E-state index in [1.54, 1.807) is 8.61 Å². The standard InChI is InChI=1S/C12H26N4O2S/c1-14-8-9-16(12(10-13)11-14)19(17,18)15-6-4-2-3-5-7-15/h12H,2-11,13H2,1H3. The number of hydrogen-bond acceptors (Lipinski definition) is 4. The van der Waals surface area contributed by atoms with Gasteiger partial charge in [-0.05, 0) is 19.9 Å². The van der Waals surface area contributed by atoms with Crippen LogP contribution in [0.15, 0.2) is 0 Å². The van der Waals surface area contributed by atoms with Crippen molar-refractivity contribution in [3.8, 4) is 0 Å². The van der Waals surface area contributed by atoms with Gasteiger partial charge in [0.2, 0.25) is 0 Å². The third kappa shape index (κ3) is 3.46. The Morgan fingerprint density at radius 1 is 1.05 bits per heavy atom. The molecule has 0 saturated carbocycles. The maximum Gasteiger partial charge on any atom is 0.282 e. The fourth-order valence-corrected chi connectivity index (χ4v) is 4.77. The quantitative estimate of drug-likeness (QED) is 0.773. The van der Waals surface area contributed by atoms with E-state index in [0.717, 1.165) is 38.8 Å². The molecule has 0 aliphatic carbocycles. The highest BCUT2D eigenvalue weighted by Gasteiger charge is 2.37. The van der Waals surface area contributed by atoms with Crippen molar-refractivity contribution in [2.24, 2.45) is 5.73 Å². The monoisotopic (exact) mass is 290 g/mol. The van der Waals surface area contributed by atoms with Gasteiger partial charge in [-0.2, -0.15) is 17.0 Å². The molecule has 0 bridgehead atoms. The molecule has 0 spiro atoms. The van der Waals surface area contributed by atoms with Crippen LogP contribution in [-0.2, 0) is 10.2 Å². The van der Waals surface area contributed by atoms with Crippen LogP contribution in [-0.4, -0.2) is 74.3 Å². The summed E-state index contributed by atoms with van der Waals surface area (Å²) in [7, 11) is -1.32. The fourth-order valence-electron chi connectivity index (χ4n) is 2.91. The molecule has 2 aliphatic rings. The molecule has 0 radical (unpaired) electrons. The Morgan fingerprint density at radius 2 is 1.68 bits per heavy atom. The van der Waals surface area contributed by atoms with E-state index in [0.29, 0.717) is 26.2 Å². The van der Waals surface area contributed by atoms with Gasteiger partial charge in [0, 0.05) is 39.3 Å². The lowest BCUT2D eigenvalue weighted by Gasteiger charge is -2.40. The first-order valence-corrected chi connectivity index (χ1v) is 8.61. The molecule has 2 rings (SSSR count). The lowest BCUT2D eigenvalue weighted by Crippen LogP contribution is -2.59. The van der Waals surface area contributed by atoms with Crippen LogP contribution >= 0.6 is 0 Å². The SMILES string of the molecule is CN1CCN(S(=O)(=O)N2CCCCCC2)C(CN)C1. The van der Waals surface area contributed by atoms with Crippen molar-refractivity contribution < 1.29 is 8.42 Å². The van der Waals surface area contributed by atoms with Crippen molar-refractivity contribution in [2.45, 2.75) is 31.7 Å². The highest BCUT2D eigenvalue weighted by molar-refractivity contribution is 7.86. The van der Waals surface area contributed by atoms with Crippen molar-refractivity contribution in [2.75, 3.05) is 46.3 Å². The average molecular weight is 290 g/mol. The van der Waals surface area contributed by atoms with Crippen molar-refractivity contribution in [1.82, 2.24) is 13.5 Å². The van der Waals surface area contributed by atoms with Gasteiger partial charge in [0.25, 0.3) is 10.2 Å². The molecule has 0 aromatic heterocycles. The summed E-state index contributed by atoms with van der Waals surface area (Å²) in [6.07, 6.45) is 4.21. The molecule has 7 heteroatoms. The van der Waals surface area contributed by atoms with E-state index >= 15 is 0 Å². The summed E-state index contributed by atoms with van der Waals surface area (Å²) in [5.74, 6) is 0. The van der Waals surface area contributed by atoms with E-state index in [4.69, 9.17) is 5.73 Å². The Labute approximate surface area is 116 Å². The predicted molar refractivity (Wildman–Crippen MR) is 76.0 cm³/mol. The first-order chi connectivity index (χ1) is 9.05. The van der Waals surface area contributed by atoms with E-state index < -0.39 is 10.2 Å². The second kappa shape index (κ2) is 6.49. The Balaban J connectivity index is 2.12. The number of nitrogens with zero attached hydrogens (tertiary/aromatic N) is 3. The third-order valence-electron chi connectivity index (χ3n) is 4.09. The van der Waals surface area contributed by atoms with Gasteiger partial charge in [-0.3, -0.25) is 0 Å². The summed E-state index contributed by atoms with van der Waals surface area (Å²) in [6.45, 7) is 3.76. The topological polar surface area (TPSA) is 69.9 Å². The molecule has 2 heterocycles. The zero-order chi connectivity index (χ0) is 13.9. The number of likely N-dealkylation sites (N-methyl/N-ethyl adjacent to an activating group) is 1. The van der Waals surface area contributed by atoms with Crippen LogP contribution in [0, 0.1) is 0 Å². The number of piperazine rings is 1. The lowest BCUT2D eigenvalue weighted by atomic mass is 10.2. The van der Waals surface area contributed by atoms with E-state index in [1.165, 1.54) is 0 Å². The summed E-state index contributed by atoms with van der Waals surface area (Å²) in [5, 5.41) is 0. The zero-order valence-electron chi connectivity index (χ0n) is 11.8. The predicted octanol–water partition coefficient (Wildman–Crippen LogP) is -0.318. The van der Waals surface area contributed by atoms with Crippen LogP contribution in [0.5, 0.6) is 0 Å². The average Bonchev–Trinajstić information content (AvgIpc) is 2.67. The molecule has 2 N–H and O–H groups in total. The van der Waals surface area contributed by atoms with Crippen LogP contribution in [0.1, 0.15) is 25.7 Å². The van der Waals surface area contributed by atoms with Crippen LogP contribution in [0.4, 0.5) is 0 Å². The summed E-state index contributed by atoms with van der Waals surface area (Å²) >= 11 is 0. The maximum atomic E-state index is 12.7. The molecule has 0 aromatic carbocycles. The van der Waals surface area contributed by atoms with Gasteiger partial charge < -0.3 is 10.6 Å². The largest absolute Gasteiger partial charge is 0.329 e. The van der Waals surface area contributed by atoms with E-state index in [9.17, 15) is 8.42 Å². The summed E-state index contributed by atoms with van der Waals surface area (Å²) in [6, 6.07) is -0.0907. The van der Waals surface area contributed by atoms with E-state index in [1.807, 2.05) is 7.05 Å². The molecule has 0 amide bonds. The molecule has 6 nitrogen and oxygen atoms in total. The Kier molecular flexibility index (Phi) is 5.19. The highest BCUT2D eigenvalue weighted by Crippen LogP contribution is 2.20. The van der Waals surface area contributed by atoms with Crippen molar-refractivity contribution in [1.29, 1.82) is 0 Å². The lowest BCUT2D eigenvalue weighted by molar-refractivity contribution is 0.155. The molecule has 112 valence electrons. The smallest absolute Gasteiger partial charge is 0.282 e. The maximum absolute atomic E-state index is 12.7. The minimum Gasteiger partial charge on any atom is -0.329 e. The van der Waals surface area contributed by atoms with Gasteiger partial charge in [-0.1, -0.05) is 12.8 Å². The molecule has 19 heavy (non-hydrogen) atoms. The number of rotatable bonds is 3. The summed E-state index contributed by atoms with van der Waals surface area (Å²) < 4.78 is 28.8. The van der Waals surface area contributed by atoms with Crippen LogP contribution in [0.25, 0.3) is 0 Å². The molecule has 1 unspecified atom stereocenters. The van der Waals surface area contributed by atoms with Gasteiger partial charge in [0.05, 0.1) is 6.04 Å². The van der Waals surface area contributed by atoms with Gasteiger partial charge in [-0.15, -0.1) is 0 Å². The van der Waals surface area contributed by atoms with Gasteiger partial charge in [0.1, 0.15) is 0 Å². The van der Waals surface area contributed by atoms with Crippen molar-refractivity contribution in [3.63, 3.8) is 0 Å². The van der Waals surface area contributed by atoms with Crippen molar-refractivity contribution in [3.05, 3.63) is 0 Å². The fraction of sp³-hybridized carbons (Fsp3) is 1.00. The van der Waals surface area contributed by atoms with Crippen molar-refractivity contribution >= 4 is 10.2 Å². The Morgan fingerprint density at radius 3 is 2.26 bits per heavy atom. The van der Waals surface area contributed by atoms with Gasteiger partial charge in [0.15, 0.2) is 0 Å². The Bertz CT molecular complexity index is 379. The molecule has 2 fully saturated rings. The second-order valence-corrected chi connectivity index (χ2v) is 7.46. The summed E-state index contributed by atoms with van der Waals surface area (Å²) in [4.78, 5) is 2.14. The molecular weight excluding hydrogens is 264 g/mol. The zero-order valence-corrected chi connectivity index (χ0v) is 12.6. The molecule has 1 atom stereocenters. The molecule has 2 saturated heterocycles. The molecule has 2 aliphatic heterocycles. The van der Waals surface area contributed by atoms with Gasteiger partial charge >= 0.3 is 0 Å². The van der Waals surface area contributed by atoms with E-state index in [-0.39, 0.29) is 6.04 Å². The van der Waals surface area contributed by atoms with E-state index in [2.05, 4.69) is 4.90 Å². The van der Waals surface area contributed by atoms with Gasteiger partial charge in [-0.25, -0.2) is 0 Å². The minimum atomic E-state index is -3.33. The number of hydrogen-bond donors (Lipinski definition) is 1. The van der Waals surface area contributed by atoms with Crippen LogP contribution in [0.2, 0.25) is 0 Å². The highest BCUT2D eigenvalue weighted by atomic mass is 32.2. The normalized spacial score (nSPS) is 29.3. The van der Waals surface area contributed by atoms with Crippen LogP contribution in [0.3, 0.4) is 0 Å². The minimum absolute atomic E-state index is 0.0907.